The molecule has 1 saturated heterocycles. The fourth-order valence-electron chi connectivity index (χ4n) is 3.36. The second-order valence-corrected chi connectivity index (χ2v) is 6.40. The number of piperidine rings is 1. The van der Waals surface area contributed by atoms with E-state index < -0.39 is 0 Å². The summed E-state index contributed by atoms with van der Waals surface area (Å²) in [4.78, 5) is 18.4. The number of nitrogens with zero attached hydrogens (tertiary/aromatic N) is 2. The largest absolute Gasteiger partial charge is 0.370 e. The number of rotatable bonds is 3. The summed E-state index contributed by atoms with van der Waals surface area (Å²) in [5, 5.41) is 0. The molecule has 2 aliphatic heterocycles. The summed E-state index contributed by atoms with van der Waals surface area (Å²) in [7, 11) is 0. The van der Waals surface area contributed by atoms with Crippen LogP contribution in [-0.2, 0) is 16.0 Å². The first kappa shape index (κ1) is 15.2. The van der Waals surface area contributed by atoms with Crippen molar-refractivity contribution in [2.45, 2.75) is 44.6 Å². The van der Waals surface area contributed by atoms with Crippen molar-refractivity contribution in [3.8, 4) is 0 Å². The fourth-order valence-corrected chi connectivity index (χ4v) is 3.36. The molecule has 0 radical (unpaired) electrons. The Labute approximate surface area is 132 Å². The average molecular weight is 300 g/mol. The highest BCUT2D eigenvalue weighted by Crippen LogP contribution is 2.33. The minimum Gasteiger partial charge on any atom is -0.370 e. The highest BCUT2D eigenvalue weighted by Gasteiger charge is 2.36. The monoisotopic (exact) mass is 300 g/mol. The maximum Gasteiger partial charge on any atom is 0.222 e. The van der Waals surface area contributed by atoms with Gasteiger partial charge in [0.25, 0.3) is 0 Å². The number of aryl methyl sites for hydroxylation is 1. The first-order valence-electron chi connectivity index (χ1n) is 8.16. The lowest BCUT2D eigenvalue weighted by atomic mass is 9.87. The van der Waals surface area contributed by atoms with Gasteiger partial charge in [0.05, 0.1) is 12.2 Å². The third-order valence-electron chi connectivity index (χ3n) is 4.71. The Hall–Kier alpha value is -1.68. The van der Waals surface area contributed by atoms with Crippen molar-refractivity contribution in [2.24, 2.45) is 0 Å². The molecule has 0 unspecified atom stereocenters. The summed E-state index contributed by atoms with van der Waals surface area (Å²) in [5.41, 5.74) is 2.43. The van der Waals surface area contributed by atoms with Crippen molar-refractivity contribution in [3.63, 3.8) is 0 Å². The standard InChI is InChI=1S/C18H24N2O2/c1-15-6-12-22-18(13-15)7-10-20(11-8-18)17(21)5-4-16-3-2-9-19-14-16/h2-3,9,13-14H,4-8,10-12H2,1H3. The van der Waals surface area contributed by atoms with Crippen LogP contribution in [0, 0.1) is 0 Å². The summed E-state index contributed by atoms with van der Waals surface area (Å²) < 4.78 is 6.01. The second kappa shape index (κ2) is 6.61. The van der Waals surface area contributed by atoms with Crippen LogP contribution >= 0.6 is 0 Å². The van der Waals surface area contributed by atoms with E-state index in [2.05, 4.69) is 18.0 Å². The van der Waals surface area contributed by atoms with Crippen LogP contribution in [0.1, 0.15) is 38.2 Å². The number of hydrogen-bond acceptors (Lipinski definition) is 3. The molecule has 0 N–H and O–H groups in total. The van der Waals surface area contributed by atoms with Gasteiger partial charge in [0.2, 0.25) is 5.91 Å². The molecule has 0 saturated carbocycles. The van der Waals surface area contributed by atoms with Crippen molar-refractivity contribution in [1.29, 1.82) is 0 Å². The van der Waals surface area contributed by atoms with Gasteiger partial charge in [-0.3, -0.25) is 9.78 Å². The Morgan fingerprint density at radius 3 is 2.91 bits per heavy atom. The quantitative estimate of drug-likeness (QED) is 0.806. The van der Waals surface area contributed by atoms with Crippen molar-refractivity contribution in [3.05, 3.63) is 41.7 Å². The Bertz CT molecular complexity index is 545. The molecule has 1 aromatic rings. The van der Waals surface area contributed by atoms with Crippen LogP contribution in [0.3, 0.4) is 0 Å². The minimum atomic E-state index is -0.109. The van der Waals surface area contributed by atoms with Crippen molar-refractivity contribution < 1.29 is 9.53 Å². The molecule has 1 fully saturated rings. The number of hydrogen-bond donors (Lipinski definition) is 0. The smallest absolute Gasteiger partial charge is 0.222 e. The van der Waals surface area contributed by atoms with Gasteiger partial charge >= 0.3 is 0 Å². The van der Waals surface area contributed by atoms with Gasteiger partial charge in [-0.2, -0.15) is 0 Å². The molecule has 0 atom stereocenters. The van der Waals surface area contributed by atoms with Crippen LogP contribution in [0.4, 0.5) is 0 Å². The summed E-state index contributed by atoms with van der Waals surface area (Å²) in [6.45, 7) is 4.60. The number of pyridine rings is 1. The highest BCUT2D eigenvalue weighted by atomic mass is 16.5. The number of ether oxygens (including phenoxy) is 1. The van der Waals surface area contributed by atoms with E-state index in [1.165, 1.54) is 5.57 Å². The van der Waals surface area contributed by atoms with Gasteiger partial charge in [-0.1, -0.05) is 17.7 Å². The molecular formula is C18H24N2O2. The first-order valence-corrected chi connectivity index (χ1v) is 8.16. The van der Waals surface area contributed by atoms with E-state index in [1.807, 2.05) is 23.2 Å². The number of carbonyl (C=O) groups is 1. The van der Waals surface area contributed by atoms with Gasteiger partial charge in [0.1, 0.15) is 0 Å². The van der Waals surface area contributed by atoms with E-state index in [-0.39, 0.29) is 11.5 Å². The van der Waals surface area contributed by atoms with Crippen molar-refractivity contribution in [2.75, 3.05) is 19.7 Å². The molecule has 118 valence electrons. The van der Waals surface area contributed by atoms with Crippen molar-refractivity contribution in [1.82, 2.24) is 9.88 Å². The third kappa shape index (κ3) is 3.55. The lowest BCUT2D eigenvalue weighted by Crippen LogP contribution is -2.48. The molecule has 0 aliphatic carbocycles. The molecular weight excluding hydrogens is 276 g/mol. The van der Waals surface area contributed by atoms with Gasteiger partial charge in [0, 0.05) is 31.9 Å². The van der Waals surface area contributed by atoms with E-state index >= 15 is 0 Å². The van der Waals surface area contributed by atoms with Gasteiger partial charge in [-0.25, -0.2) is 0 Å². The van der Waals surface area contributed by atoms with Crippen LogP contribution in [0.25, 0.3) is 0 Å². The summed E-state index contributed by atoms with van der Waals surface area (Å²) >= 11 is 0. The minimum absolute atomic E-state index is 0.109. The topological polar surface area (TPSA) is 42.4 Å². The normalized spacial score (nSPS) is 20.8. The molecule has 2 aliphatic rings. The zero-order valence-corrected chi connectivity index (χ0v) is 13.3. The SMILES string of the molecule is CC1=CC2(CCN(C(=O)CCc3cccnc3)CC2)OCC1. The number of amides is 1. The van der Waals surface area contributed by atoms with Crippen LogP contribution < -0.4 is 0 Å². The molecule has 0 bridgehead atoms. The number of likely N-dealkylation sites (tertiary alicyclic amines) is 1. The Balaban J connectivity index is 1.51. The van der Waals surface area contributed by atoms with E-state index in [0.717, 1.165) is 50.9 Å². The van der Waals surface area contributed by atoms with E-state index in [0.29, 0.717) is 6.42 Å². The van der Waals surface area contributed by atoms with Crippen LogP contribution in [0.15, 0.2) is 36.2 Å². The summed E-state index contributed by atoms with van der Waals surface area (Å²) in [6.07, 6.45) is 10.1. The molecule has 3 heterocycles. The average Bonchev–Trinajstić information content (AvgIpc) is 2.54. The lowest BCUT2D eigenvalue weighted by Gasteiger charge is -2.42. The molecule has 1 spiro atoms. The Morgan fingerprint density at radius 1 is 1.41 bits per heavy atom. The highest BCUT2D eigenvalue weighted by molar-refractivity contribution is 5.76. The third-order valence-corrected chi connectivity index (χ3v) is 4.71. The van der Waals surface area contributed by atoms with Gasteiger partial charge in [-0.15, -0.1) is 0 Å². The van der Waals surface area contributed by atoms with Gasteiger partial charge in [-0.05, 0) is 44.2 Å². The molecule has 1 amide bonds. The second-order valence-electron chi connectivity index (χ2n) is 6.40. The zero-order chi connectivity index (χ0) is 15.4. The number of carbonyl (C=O) groups excluding carboxylic acids is 1. The first-order chi connectivity index (χ1) is 10.7. The van der Waals surface area contributed by atoms with Gasteiger partial charge < -0.3 is 9.64 Å². The van der Waals surface area contributed by atoms with E-state index in [1.54, 1.807) is 6.20 Å². The zero-order valence-electron chi connectivity index (χ0n) is 13.3. The molecule has 0 aromatic carbocycles. The van der Waals surface area contributed by atoms with Crippen LogP contribution in [0.2, 0.25) is 0 Å². The number of aromatic nitrogens is 1. The van der Waals surface area contributed by atoms with Crippen LogP contribution in [-0.4, -0.2) is 41.1 Å². The lowest BCUT2D eigenvalue weighted by molar-refractivity contribution is -0.136. The van der Waals surface area contributed by atoms with Crippen molar-refractivity contribution >= 4 is 5.91 Å². The predicted octanol–water partition coefficient (Wildman–Crippen LogP) is 2.74. The maximum atomic E-state index is 12.4. The Morgan fingerprint density at radius 2 is 2.23 bits per heavy atom. The molecule has 3 rings (SSSR count). The molecule has 4 heteroatoms. The maximum absolute atomic E-state index is 12.4. The summed E-state index contributed by atoms with van der Waals surface area (Å²) in [5.74, 6) is 0.246. The van der Waals surface area contributed by atoms with Crippen LogP contribution in [0.5, 0.6) is 0 Å². The Kier molecular flexibility index (Phi) is 4.57. The molecule has 4 nitrogen and oxygen atoms in total. The van der Waals surface area contributed by atoms with E-state index in [9.17, 15) is 4.79 Å². The summed E-state index contributed by atoms with van der Waals surface area (Å²) in [6, 6.07) is 3.94. The fraction of sp³-hybridized carbons (Fsp3) is 0.556. The van der Waals surface area contributed by atoms with E-state index in [4.69, 9.17) is 4.74 Å². The van der Waals surface area contributed by atoms with Gasteiger partial charge in [0.15, 0.2) is 0 Å². The molecule has 22 heavy (non-hydrogen) atoms. The predicted molar refractivity (Wildman–Crippen MR) is 85.4 cm³/mol. The molecule has 1 aromatic heterocycles.